The van der Waals surface area contributed by atoms with Gasteiger partial charge in [0.05, 0.1) is 24.2 Å². The third-order valence-electron chi connectivity index (χ3n) is 4.34. The van der Waals surface area contributed by atoms with E-state index in [-0.39, 0.29) is 18.5 Å². The Balaban J connectivity index is 1.57. The number of hydrogen-bond donors (Lipinski definition) is 1. The number of fused-ring (bicyclic) bond motifs is 1. The van der Waals surface area contributed by atoms with Gasteiger partial charge in [-0.15, -0.1) is 11.3 Å². The molecule has 0 unspecified atom stereocenters. The van der Waals surface area contributed by atoms with Crippen LogP contribution in [-0.4, -0.2) is 28.0 Å². The standard InChI is InChI=1S/C20H18N4O4S/c1-12-13(2)29-19-18(12)20(27)24(11-22-19)9-17(26)28-10-16(25)23-15-5-3-14(4-6-15)7-8-21/h3-6,11H,7,9-10H2,1-2H3,(H,23,25). The molecule has 0 spiro atoms. The lowest BCUT2D eigenvalue weighted by molar-refractivity contribution is -0.147. The summed E-state index contributed by atoms with van der Waals surface area (Å²) in [5.41, 5.74) is 1.91. The third-order valence-corrected chi connectivity index (χ3v) is 5.46. The quantitative estimate of drug-likeness (QED) is 0.624. The van der Waals surface area contributed by atoms with Gasteiger partial charge in [-0.2, -0.15) is 5.26 Å². The first-order valence-corrected chi connectivity index (χ1v) is 9.57. The summed E-state index contributed by atoms with van der Waals surface area (Å²) >= 11 is 1.43. The first kappa shape index (κ1) is 20.2. The van der Waals surface area contributed by atoms with Crippen molar-refractivity contribution in [3.63, 3.8) is 0 Å². The molecule has 8 nitrogen and oxygen atoms in total. The molecule has 1 amide bonds. The maximum atomic E-state index is 12.6. The van der Waals surface area contributed by atoms with E-state index in [9.17, 15) is 14.4 Å². The van der Waals surface area contributed by atoms with Gasteiger partial charge < -0.3 is 10.1 Å². The summed E-state index contributed by atoms with van der Waals surface area (Å²) in [7, 11) is 0. The van der Waals surface area contributed by atoms with Crippen molar-refractivity contribution in [2.24, 2.45) is 0 Å². The average Bonchev–Trinajstić information content (AvgIpc) is 2.99. The monoisotopic (exact) mass is 410 g/mol. The fourth-order valence-electron chi connectivity index (χ4n) is 2.71. The van der Waals surface area contributed by atoms with Crippen LogP contribution in [0, 0.1) is 25.2 Å². The van der Waals surface area contributed by atoms with Crippen LogP contribution in [0.3, 0.4) is 0 Å². The summed E-state index contributed by atoms with van der Waals surface area (Å²) in [5, 5.41) is 11.8. The summed E-state index contributed by atoms with van der Waals surface area (Å²) in [6.45, 7) is 2.96. The lowest BCUT2D eigenvalue weighted by Gasteiger charge is -2.08. The number of nitriles is 1. The van der Waals surface area contributed by atoms with Crippen molar-refractivity contribution in [1.82, 2.24) is 9.55 Å². The van der Waals surface area contributed by atoms with E-state index < -0.39 is 18.5 Å². The Kier molecular flexibility index (Phi) is 6.04. The molecule has 9 heteroatoms. The minimum Gasteiger partial charge on any atom is -0.454 e. The first-order chi connectivity index (χ1) is 13.9. The Hall–Kier alpha value is -3.51. The number of hydrogen-bond acceptors (Lipinski definition) is 7. The summed E-state index contributed by atoms with van der Waals surface area (Å²) in [4.78, 5) is 42.4. The molecular formula is C20H18N4O4S. The lowest BCUT2D eigenvalue weighted by atomic mass is 10.1. The SMILES string of the molecule is Cc1sc2ncn(CC(=O)OCC(=O)Nc3ccc(CC#N)cc3)c(=O)c2c1C. The van der Waals surface area contributed by atoms with Crippen LogP contribution in [0.1, 0.15) is 16.0 Å². The van der Waals surface area contributed by atoms with E-state index in [4.69, 9.17) is 10.00 Å². The Labute approximate surface area is 170 Å². The highest BCUT2D eigenvalue weighted by atomic mass is 32.1. The molecule has 1 N–H and O–H groups in total. The lowest BCUT2D eigenvalue weighted by Crippen LogP contribution is -2.28. The number of anilines is 1. The largest absolute Gasteiger partial charge is 0.454 e. The number of thiophene rings is 1. The maximum Gasteiger partial charge on any atom is 0.326 e. The highest BCUT2D eigenvalue weighted by Gasteiger charge is 2.15. The maximum absolute atomic E-state index is 12.6. The summed E-state index contributed by atoms with van der Waals surface area (Å²) in [5.74, 6) is -1.21. The van der Waals surface area contributed by atoms with E-state index >= 15 is 0 Å². The third kappa shape index (κ3) is 4.67. The Morgan fingerprint density at radius 2 is 2.00 bits per heavy atom. The first-order valence-electron chi connectivity index (χ1n) is 8.75. The molecule has 0 saturated carbocycles. The highest BCUT2D eigenvalue weighted by Crippen LogP contribution is 2.25. The predicted octanol–water partition coefficient (Wildman–Crippen LogP) is 2.32. The molecule has 0 saturated heterocycles. The molecule has 1 aromatic carbocycles. The molecule has 2 aromatic heterocycles. The van der Waals surface area contributed by atoms with Gasteiger partial charge in [0.1, 0.15) is 11.4 Å². The highest BCUT2D eigenvalue weighted by molar-refractivity contribution is 7.18. The van der Waals surface area contributed by atoms with Gasteiger partial charge in [0.2, 0.25) is 0 Å². The molecule has 0 aliphatic rings. The molecule has 0 aliphatic carbocycles. The number of nitrogens with one attached hydrogen (secondary N) is 1. The van der Waals surface area contributed by atoms with Gasteiger partial charge in [0.15, 0.2) is 6.61 Å². The van der Waals surface area contributed by atoms with E-state index in [1.807, 2.05) is 19.9 Å². The number of rotatable bonds is 6. The van der Waals surface area contributed by atoms with Crippen LogP contribution in [0.15, 0.2) is 35.4 Å². The minimum atomic E-state index is -0.711. The number of esters is 1. The number of ether oxygens (including phenoxy) is 1. The number of aryl methyl sites for hydroxylation is 2. The van der Waals surface area contributed by atoms with Crippen molar-refractivity contribution >= 4 is 39.1 Å². The van der Waals surface area contributed by atoms with Crippen molar-refractivity contribution in [2.75, 3.05) is 11.9 Å². The van der Waals surface area contributed by atoms with Crippen LogP contribution in [0.2, 0.25) is 0 Å². The molecular weight excluding hydrogens is 392 g/mol. The minimum absolute atomic E-state index is 0.288. The molecule has 148 valence electrons. The fourth-order valence-corrected chi connectivity index (χ4v) is 3.70. The number of nitrogens with zero attached hydrogens (tertiary/aromatic N) is 3. The summed E-state index contributed by atoms with van der Waals surface area (Å²) < 4.78 is 6.14. The molecule has 0 radical (unpaired) electrons. The van der Waals surface area contributed by atoms with E-state index in [0.29, 0.717) is 15.9 Å². The molecule has 3 aromatic rings. The van der Waals surface area contributed by atoms with Crippen LogP contribution < -0.4 is 10.9 Å². The zero-order valence-corrected chi connectivity index (χ0v) is 16.7. The number of benzene rings is 1. The van der Waals surface area contributed by atoms with Gasteiger partial charge in [-0.1, -0.05) is 12.1 Å². The predicted molar refractivity (Wildman–Crippen MR) is 109 cm³/mol. The number of aromatic nitrogens is 2. The molecule has 0 bridgehead atoms. The molecule has 0 atom stereocenters. The Bertz CT molecular complexity index is 1170. The average molecular weight is 410 g/mol. The van der Waals surface area contributed by atoms with Gasteiger partial charge in [0, 0.05) is 10.6 Å². The van der Waals surface area contributed by atoms with Crippen LogP contribution in [-0.2, 0) is 27.3 Å². The molecule has 0 aliphatic heterocycles. The van der Waals surface area contributed by atoms with Gasteiger partial charge in [0.25, 0.3) is 11.5 Å². The van der Waals surface area contributed by atoms with E-state index in [2.05, 4.69) is 10.3 Å². The second-order valence-electron chi connectivity index (χ2n) is 6.38. The van der Waals surface area contributed by atoms with Crippen LogP contribution >= 0.6 is 11.3 Å². The number of carbonyl (C=O) groups excluding carboxylic acids is 2. The summed E-state index contributed by atoms with van der Waals surface area (Å²) in [6.07, 6.45) is 1.60. The van der Waals surface area contributed by atoms with E-state index in [1.54, 1.807) is 24.3 Å². The second kappa shape index (κ2) is 8.67. The molecule has 2 heterocycles. The van der Waals surface area contributed by atoms with Gasteiger partial charge >= 0.3 is 5.97 Å². The normalized spacial score (nSPS) is 10.5. The van der Waals surface area contributed by atoms with Gasteiger partial charge in [-0.3, -0.25) is 19.0 Å². The Morgan fingerprint density at radius 1 is 1.28 bits per heavy atom. The van der Waals surface area contributed by atoms with Crippen LogP contribution in [0.25, 0.3) is 10.2 Å². The van der Waals surface area contributed by atoms with Crippen LogP contribution in [0.4, 0.5) is 5.69 Å². The van der Waals surface area contributed by atoms with Crippen molar-refractivity contribution in [1.29, 1.82) is 5.26 Å². The fraction of sp³-hybridized carbons (Fsp3) is 0.250. The van der Waals surface area contributed by atoms with Crippen LogP contribution in [0.5, 0.6) is 0 Å². The number of amides is 1. The zero-order chi connectivity index (χ0) is 21.0. The van der Waals surface area contributed by atoms with Crippen molar-refractivity contribution in [3.05, 3.63) is 57.0 Å². The Morgan fingerprint density at radius 3 is 2.69 bits per heavy atom. The van der Waals surface area contributed by atoms with Crippen molar-refractivity contribution < 1.29 is 14.3 Å². The van der Waals surface area contributed by atoms with E-state index in [1.165, 1.54) is 22.2 Å². The summed E-state index contributed by atoms with van der Waals surface area (Å²) in [6, 6.07) is 8.83. The van der Waals surface area contributed by atoms with E-state index in [0.717, 1.165) is 16.0 Å². The molecule has 3 rings (SSSR count). The topological polar surface area (TPSA) is 114 Å². The smallest absolute Gasteiger partial charge is 0.326 e. The van der Waals surface area contributed by atoms with Gasteiger partial charge in [-0.05, 0) is 37.1 Å². The number of carbonyl (C=O) groups is 2. The van der Waals surface area contributed by atoms with Gasteiger partial charge in [-0.25, -0.2) is 4.98 Å². The molecule has 29 heavy (non-hydrogen) atoms. The second-order valence-corrected chi connectivity index (χ2v) is 7.58. The molecule has 0 fully saturated rings. The van der Waals surface area contributed by atoms with Crippen molar-refractivity contribution in [2.45, 2.75) is 26.8 Å². The zero-order valence-electron chi connectivity index (χ0n) is 15.9. The van der Waals surface area contributed by atoms with Crippen molar-refractivity contribution in [3.8, 4) is 6.07 Å².